The number of allylic oxidation sites excluding steroid dienone is 1. The van der Waals surface area contributed by atoms with Gasteiger partial charge in [0.1, 0.15) is 0 Å². The van der Waals surface area contributed by atoms with Crippen molar-refractivity contribution < 1.29 is 19.1 Å². The molecule has 0 atom stereocenters. The first-order valence-corrected chi connectivity index (χ1v) is 7.92. The van der Waals surface area contributed by atoms with Crippen LogP contribution in [0.2, 0.25) is 0 Å². The maximum Gasteiger partial charge on any atom is 0.305 e. The Balaban J connectivity index is 1.80. The number of esters is 1. The van der Waals surface area contributed by atoms with Gasteiger partial charge in [-0.25, -0.2) is 0 Å². The summed E-state index contributed by atoms with van der Waals surface area (Å²) in [5, 5.41) is 3.21. The van der Waals surface area contributed by atoms with Gasteiger partial charge in [0.2, 0.25) is 11.6 Å². The fourth-order valence-electron chi connectivity index (χ4n) is 2.50. The summed E-state index contributed by atoms with van der Waals surface area (Å²) < 4.78 is 4.87. The Morgan fingerprint density at radius 3 is 2.57 bits per heavy atom. The SMILES string of the molecule is CCOC(=O)CCCCCNC1=CC(=O)C(=O)c2ccccc21. The molecule has 1 aromatic carbocycles. The average Bonchev–Trinajstić information content (AvgIpc) is 2.55. The van der Waals surface area contributed by atoms with Gasteiger partial charge in [0.15, 0.2) is 0 Å². The largest absolute Gasteiger partial charge is 0.466 e. The summed E-state index contributed by atoms with van der Waals surface area (Å²) in [6.45, 7) is 2.90. The molecule has 2 rings (SSSR count). The fourth-order valence-corrected chi connectivity index (χ4v) is 2.50. The Morgan fingerprint density at radius 2 is 1.83 bits per heavy atom. The fraction of sp³-hybridized carbons (Fsp3) is 0.389. The predicted octanol–water partition coefficient (Wildman–Crippen LogP) is 2.51. The number of hydrogen-bond acceptors (Lipinski definition) is 5. The second kappa shape index (κ2) is 8.27. The molecule has 0 spiro atoms. The van der Waals surface area contributed by atoms with Crippen molar-refractivity contribution in [2.45, 2.75) is 32.6 Å². The van der Waals surface area contributed by atoms with E-state index in [1.54, 1.807) is 19.1 Å². The molecule has 5 heteroatoms. The lowest BCUT2D eigenvalue weighted by Gasteiger charge is -2.17. The average molecular weight is 315 g/mol. The van der Waals surface area contributed by atoms with Gasteiger partial charge in [-0.15, -0.1) is 0 Å². The van der Waals surface area contributed by atoms with Crippen molar-refractivity contribution in [3.05, 3.63) is 41.5 Å². The molecular weight excluding hydrogens is 294 g/mol. The van der Waals surface area contributed by atoms with Crippen molar-refractivity contribution in [2.24, 2.45) is 0 Å². The number of hydrogen-bond donors (Lipinski definition) is 1. The Hall–Kier alpha value is -2.43. The van der Waals surface area contributed by atoms with Crippen molar-refractivity contribution in [3.8, 4) is 0 Å². The molecule has 0 aliphatic heterocycles. The highest BCUT2D eigenvalue weighted by Gasteiger charge is 2.24. The number of nitrogens with one attached hydrogen (secondary N) is 1. The molecule has 1 N–H and O–H groups in total. The summed E-state index contributed by atoms with van der Waals surface area (Å²) in [6.07, 6.45) is 4.36. The van der Waals surface area contributed by atoms with Gasteiger partial charge in [-0.1, -0.05) is 30.7 Å². The number of benzene rings is 1. The number of carbonyl (C=O) groups excluding carboxylic acids is 3. The minimum Gasteiger partial charge on any atom is -0.466 e. The minimum absolute atomic E-state index is 0.159. The molecule has 0 radical (unpaired) electrons. The molecule has 0 saturated heterocycles. The minimum atomic E-state index is -0.492. The zero-order valence-corrected chi connectivity index (χ0v) is 13.3. The lowest BCUT2D eigenvalue weighted by atomic mass is 9.93. The smallest absolute Gasteiger partial charge is 0.305 e. The lowest BCUT2D eigenvalue weighted by molar-refractivity contribution is -0.143. The van der Waals surface area contributed by atoms with Crippen molar-refractivity contribution in [2.75, 3.05) is 13.2 Å². The first-order valence-electron chi connectivity index (χ1n) is 7.92. The maximum atomic E-state index is 11.8. The van der Waals surface area contributed by atoms with Crippen LogP contribution in [-0.4, -0.2) is 30.7 Å². The number of fused-ring (bicyclic) bond motifs is 1. The van der Waals surface area contributed by atoms with E-state index in [0.29, 0.717) is 30.8 Å². The Kier molecular flexibility index (Phi) is 6.09. The number of ether oxygens (including phenoxy) is 1. The van der Waals surface area contributed by atoms with E-state index in [2.05, 4.69) is 5.32 Å². The van der Waals surface area contributed by atoms with E-state index in [1.807, 2.05) is 12.1 Å². The van der Waals surface area contributed by atoms with E-state index < -0.39 is 11.6 Å². The number of Topliss-reactive ketones (excluding diaryl/α,β-unsaturated/α-hetero) is 1. The van der Waals surface area contributed by atoms with Crippen LogP contribution >= 0.6 is 0 Å². The second-order valence-corrected chi connectivity index (χ2v) is 5.34. The number of carbonyl (C=O) groups is 3. The van der Waals surface area contributed by atoms with Gasteiger partial charge in [-0.05, 0) is 19.8 Å². The van der Waals surface area contributed by atoms with Gasteiger partial charge in [0.05, 0.1) is 6.61 Å². The van der Waals surface area contributed by atoms with Gasteiger partial charge in [0, 0.05) is 35.9 Å². The molecule has 0 amide bonds. The van der Waals surface area contributed by atoms with Crippen LogP contribution in [0.25, 0.3) is 5.70 Å². The molecule has 0 aromatic heterocycles. The molecule has 0 unspecified atom stereocenters. The highest BCUT2D eigenvalue weighted by molar-refractivity contribution is 6.50. The van der Waals surface area contributed by atoms with Crippen LogP contribution in [-0.2, 0) is 14.3 Å². The molecule has 1 aromatic rings. The third-order valence-electron chi connectivity index (χ3n) is 3.64. The molecular formula is C18H21NO4. The third kappa shape index (κ3) is 4.52. The molecule has 23 heavy (non-hydrogen) atoms. The zero-order chi connectivity index (χ0) is 16.7. The van der Waals surface area contributed by atoms with E-state index in [1.165, 1.54) is 6.08 Å². The van der Waals surface area contributed by atoms with Gasteiger partial charge in [-0.3, -0.25) is 14.4 Å². The quantitative estimate of drug-likeness (QED) is 0.453. The van der Waals surface area contributed by atoms with E-state index in [0.717, 1.165) is 24.8 Å². The summed E-state index contributed by atoms with van der Waals surface area (Å²) in [5.41, 5.74) is 1.91. The van der Waals surface area contributed by atoms with E-state index >= 15 is 0 Å². The predicted molar refractivity (Wildman–Crippen MR) is 86.9 cm³/mol. The van der Waals surface area contributed by atoms with Crippen molar-refractivity contribution in [1.82, 2.24) is 5.32 Å². The summed E-state index contributed by atoms with van der Waals surface area (Å²) in [6, 6.07) is 7.10. The highest BCUT2D eigenvalue weighted by Crippen LogP contribution is 2.22. The summed E-state index contributed by atoms with van der Waals surface area (Å²) in [7, 11) is 0. The van der Waals surface area contributed by atoms with Gasteiger partial charge >= 0.3 is 5.97 Å². The topological polar surface area (TPSA) is 72.5 Å². The number of rotatable bonds is 8. The molecule has 0 fully saturated rings. The van der Waals surface area contributed by atoms with Crippen LogP contribution in [0.15, 0.2) is 30.3 Å². The standard InChI is InChI=1S/C18H21NO4/c1-2-23-17(21)10-4-3-7-11-19-15-12-16(20)18(22)14-9-6-5-8-13(14)15/h5-6,8-9,12,19H,2-4,7,10-11H2,1H3. The molecule has 1 aliphatic carbocycles. The van der Waals surface area contributed by atoms with Gasteiger partial charge < -0.3 is 10.1 Å². The van der Waals surface area contributed by atoms with Crippen LogP contribution in [0, 0.1) is 0 Å². The van der Waals surface area contributed by atoms with E-state index in [4.69, 9.17) is 4.74 Å². The van der Waals surface area contributed by atoms with Gasteiger partial charge in [-0.2, -0.15) is 0 Å². The van der Waals surface area contributed by atoms with E-state index in [9.17, 15) is 14.4 Å². The van der Waals surface area contributed by atoms with Crippen molar-refractivity contribution in [3.63, 3.8) is 0 Å². The first-order chi connectivity index (χ1) is 11.1. The zero-order valence-electron chi connectivity index (χ0n) is 13.3. The van der Waals surface area contributed by atoms with Gasteiger partial charge in [0.25, 0.3) is 0 Å². The van der Waals surface area contributed by atoms with Crippen LogP contribution in [0.3, 0.4) is 0 Å². The monoisotopic (exact) mass is 315 g/mol. The third-order valence-corrected chi connectivity index (χ3v) is 3.64. The Morgan fingerprint density at radius 1 is 1.09 bits per heavy atom. The maximum absolute atomic E-state index is 11.8. The van der Waals surface area contributed by atoms with Crippen LogP contribution in [0.5, 0.6) is 0 Å². The summed E-state index contributed by atoms with van der Waals surface area (Å²) in [4.78, 5) is 34.8. The molecule has 0 heterocycles. The second-order valence-electron chi connectivity index (χ2n) is 5.34. The summed E-state index contributed by atoms with van der Waals surface area (Å²) >= 11 is 0. The lowest BCUT2D eigenvalue weighted by Crippen LogP contribution is -2.24. The molecule has 122 valence electrons. The van der Waals surface area contributed by atoms with Crippen molar-refractivity contribution in [1.29, 1.82) is 0 Å². The molecule has 0 bridgehead atoms. The highest BCUT2D eigenvalue weighted by atomic mass is 16.5. The molecule has 0 saturated carbocycles. The van der Waals surface area contributed by atoms with Crippen LogP contribution in [0.4, 0.5) is 0 Å². The van der Waals surface area contributed by atoms with Crippen LogP contribution < -0.4 is 5.32 Å². The molecule has 5 nitrogen and oxygen atoms in total. The first kappa shape index (κ1) is 16.9. The number of unbranched alkanes of at least 4 members (excludes halogenated alkanes) is 2. The van der Waals surface area contributed by atoms with E-state index in [-0.39, 0.29) is 5.97 Å². The Bertz CT molecular complexity index is 634. The normalized spacial score (nSPS) is 13.3. The molecule has 1 aliphatic rings. The van der Waals surface area contributed by atoms with Crippen LogP contribution in [0.1, 0.15) is 48.5 Å². The number of ketones is 2. The Labute approximate surface area is 135 Å². The van der Waals surface area contributed by atoms with Crippen molar-refractivity contribution >= 4 is 23.2 Å². The summed E-state index contributed by atoms with van der Waals surface area (Å²) in [5.74, 6) is -1.11.